The van der Waals surface area contributed by atoms with Crippen molar-refractivity contribution < 1.29 is 9.53 Å². The summed E-state index contributed by atoms with van der Waals surface area (Å²) in [6.45, 7) is 8.05. The average Bonchev–Trinajstić information content (AvgIpc) is 2.71. The quantitative estimate of drug-likeness (QED) is 0.473. The molecule has 0 saturated heterocycles. The first-order valence-electron chi connectivity index (χ1n) is 9.30. The van der Waals surface area contributed by atoms with E-state index in [1.165, 1.54) is 13.3 Å². The predicted molar refractivity (Wildman–Crippen MR) is 119 cm³/mol. The zero-order chi connectivity index (χ0) is 21.4. The van der Waals surface area contributed by atoms with Gasteiger partial charge in [0.2, 0.25) is 0 Å². The summed E-state index contributed by atoms with van der Waals surface area (Å²) in [6.07, 6.45) is 1.39. The lowest BCUT2D eigenvalue weighted by molar-refractivity contribution is -0.112. The van der Waals surface area contributed by atoms with Gasteiger partial charge in [-0.3, -0.25) is 4.79 Å². The largest absolute Gasteiger partial charge is 0.495 e. The van der Waals surface area contributed by atoms with Crippen LogP contribution in [0.3, 0.4) is 0 Å². The van der Waals surface area contributed by atoms with Crippen molar-refractivity contribution in [1.29, 1.82) is 5.26 Å². The highest BCUT2D eigenvalue weighted by Gasteiger charge is 2.13. The first kappa shape index (κ1) is 22.1. The molecule has 7 heteroatoms. The van der Waals surface area contributed by atoms with Crippen LogP contribution in [0, 0.1) is 18.3 Å². The second-order valence-corrected chi connectivity index (χ2v) is 6.72. The Labute approximate surface area is 176 Å². The lowest BCUT2D eigenvalue weighted by atomic mass is 10.1. The van der Waals surface area contributed by atoms with Crippen LogP contribution in [-0.2, 0) is 4.79 Å². The number of nitrogens with zero attached hydrogens (tertiary/aromatic N) is 2. The molecule has 0 bridgehead atoms. The van der Waals surface area contributed by atoms with Crippen molar-refractivity contribution >= 4 is 34.6 Å². The van der Waals surface area contributed by atoms with Gasteiger partial charge in [0.25, 0.3) is 5.91 Å². The highest BCUT2D eigenvalue weighted by Crippen LogP contribution is 2.28. The van der Waals surface area contributed by atoms with Crippen LogP contribution >= 0.6 is 11.6 Å². The Morgan fingerprint density at radius 2 is 1.93 bits per heavy atom. The molecule has 0 heterocycles. The zero-order valence-corrected chi connectivity index (χ0v) is 17.8. The van der Waals surface area contributed by atoms with Crippen molar-refractivity contribution in [2.24, 2.45) is 0 Å². The van der Waals surface area contributed by atoms with Gasteiger partial charge in [-0.25, -0.2) is 0 Å². The normalized spacial score (nSPS) is 10.8. The Kier molecular flexibility index (Phi) is 7.93. The van der Waals surface area contributed by atoms with Crippen LogP contribution in [-0.4, -0.2) is 26.1 Å². The molecule has 2 aromatic carbocycles. The van der Waals surface area contributed by atoms with Gasteiger partial charge in [-0.1, -0.05) is 11.6 Å². The number of rotatable bonds is 8. The van der Waals surface area contributed by atoms with Crippen molar-refractivity contribution in [2.45, 2.75) is 20.8 Å². The van der Waals surface area contributed by atoms with E-state index in [1.54, 1.807) is 18.2 Å². The summed E-state index contributed by atoms with van der Waals surface area (Å²) in [7, 11) is 1.49. The molecule has 0 aliphatic rings. The number of amides is 1. The Morgan fingerprint density at radius 1 is 1.21 bits per heavy atom. The molecule has 0 aliphatic heterocycles. The van der Waals surface area contributed by atoms with E-state index in [4.69, 9.17) is 16.3 Å². The van der Waals surface area contributed by atoms with Crippen molar-refractivity contribution in [2.75, 3.05) is 35.7 Å². The van der Waals surface area contributed by atoms with Crippen LogP contribution in [0.5, 0.6) is 5.75 Å². The Balaban J connectivity index is 2.17. The summed E-state index contributed by atoms with van der Waals surface area (Å²) >= 11 is 5.98. The number of hydrogen-bond donors (Lipinski definition) is 2. The number of methoxy groups -OCH3 is 1. The summed E-state index contributed by atoms with van der Waals surface area (Å²) in [5.41, 5.74) is 3.29. The number of aryl methyl sites for hydroxylation is 1. The van der Waals surface area contributed by atoms with E-state index in [9.17, 15) is 10.1 Å². The minimum Gasteiger partial charge on any atom is -0.495 e. The standard InChI is InChI=1S/C22H25ClN4O2/c1-5-27(6-2)18-8-9-19(15(3)11-18)25-14-16(13-24)22(28)26-20-12-17(23)7-10-21(20)29-4/h7-12,14,25H,5-6H2,1-4H3,(H,26,28)/b16-14-. The number of carbonyl (C=O) groups is 1. The number of nitriles is 1. The lowest BCUT2D eigenvalue weighted by Crippen LogP contribution is -2.21. The topological polar surface area (TPSA) is 77.4 Å². The van der Waals surface area contributed by atoms with Crippen molar-refractivity contribution in [3.05, 3.63) is 58.8 Å². The highest BCUT2D eigenvalue weighted by molar-refractivity contribution is 6.31. The molecule has 0 radical (unpaired) electrons. The summed E-state index contributed by atoms with van der Waals surface area (Å²) in [5, 5.41) is 15.6. The van der Waals surface area contributed by atoms with Gasteiger partial charge < -0.3 is 20.3 Å². The van der Waals surface area contributed by atoms with Gasteiger partial charge in [-0.15, -0.1) is 0 Å². The maximum atomic E-state index is 12.5. The molecule has 1 amide bonds. The van der Waals surface area contributed by atoms with E-state index in [0.717, 1.165) is 30.0 Å². The molecule has 0 spiro atoms. The molecule has 29 heavy (non-hydrogen) atoms. The third kappa shape index (κ3) is 5.66. The number of benzene rings is 2. The van der Waals surface area contributed by atoms with E-state index in [0.29, 0.717) is 16.5 Å². The third-order valence-corrected chi connectivity index (χ3v) is 4.72. The molecule has 0 fully saturated rings. The van der Waals surface area contributed by atoms with E-state index in [-0.39, 0.29) is 5.57 Å². The van der Waals surface area contributed by atoms with Gasteiger partial charge in [-0.05, 0) is 62.7 Å². The first-order valence-corrected chi connectivity index (χ1v) is 9.68. The molecule has 2 N–H and O–H groups in total. The van der Waals surface area contributed by atoms with Crippen LogP contribution in [0.25, 0.3) is 0 Å². The molecule has 0 atom stereocenters. The maximum absolute atomic E-state index is 12.5. The van der Waals surface area contributed by atoms with Gasteiger partial charge in [0.15, 0.2) is 0 Å². The van der Waals surface area contributed by atoms with Crippen molar-refractivity contribution in [3.63, 3.8) is 0 Å². The molecule has 2 aromatic rings. The fourth-order valence-electron chi connectivity index (χ4n) is 2.86. The summed E-state index contributed by atoms with van der Waals surface area (Å²) < 4.78 is 5.21. The second-order valence-electron chi connectivity index (χ2n) is 6.28. The monoisotopic (exact) mass is 412 g/mol. The minimum absolute atomic E-state index is 0.0701. The molecule has 0 unspecified atom stereocenters. The molecular formula is C22H25ClN4O2. The minimum atomic E-state index is -0.557. The fourth-order valence-corrected chi connectivity index (χ4v) is 3.03. The average molecular weight is 413 g/mol. The van der Waals surface area contributed by atoms with Gasteiger partial charge in [0.05, 0.1) is 12.8 Å². The number of anilines is 3. The van der Waals surface area contributed by atoms with E-state index < -0.39 is 5.91 Å². The smallest absolute Gasteiger partial charge is 0.267 e. The number of hydrogen-bond acceptors (Lipinski definition) is 5. The molecule has 6 nitrogen and oxygen atoms in total. The van der Waals surface area contributed by atoms with E-state index in [1.807, 2.05) is 25.1 Å². The zero-order valence-electron chi connectivity index (χ0n) is 17.0. The van der Waals surface area contributed by atoms with Crippen LogP contribution in [0.1, 0.15) is 19.4 Å². The van der Waals surface area contributed by atoms with Crippen LogP contribution in [0.4, 0.5) is 17.1 Å². The summed E-state index contributed by atoms with van der Waals surface area (Å²) in [6, 6.07) is 12.8. The predicted octanol–water partition coefficient (Wildman–Crippen LogP) is 4.96. The molecule has 0 saturated carbocycles. The van der Waals surface area contributed by atoms with Gasteiger partial charge >= 0.3 is 0 Å². The van der Waals surface area contributed by atoms with Crippen LogP contribution in [0.15, 0.2) is 48.2 Å². The SMILES string of the molecule is CCN(CC)c1ccc(N/C=C(/C#N)C(=O)Nc2cc(Cl)ccc2OC)c(C)c1. The highest BCUT2D eigenvalue weighted by atomic mass is 35.5. The summed E-state index contributed by atoms with van der Waals surface area (Å²) in [5.74, 6) is -0.103. The molecule has 0 aliphatic carbocycles. The third-order valence-electron chi connectivity index (χ3n) is 4.49. The Bertz CT molecular complexity index is 946. The Hall–Kier alpha value is -3.17. The maximum Gasteiger partial charge on any atom is 0.267 e. The molecular weight excluding hydrogens is 388 g/mol. The van der Waals surface area contributed by atoms with Gasteiger partial charge in [0.1, 0.15) is 17.4 Å². The number of carbonyl (C=O) groups excluding carboxylic acids is 1. The molecule has 152 valence electrons. The number of halogens is 1. The van der Waals surface area contributed by atoms with Crippen molar-refractivity contribution in [3.8, 4) is 11.8 Å². The fraction of sp³-hybridized carbons (Fsp3) is 0.273. The lowest BCUT2D eigenvalue weighted by Gasteiger charge is -2.22. The van der Waals surface area contributed by atoms with Gasteiger partial charge in [-0.2, -0.15) is 5.26 Å². The second kappa shape index (κ2) is 10.4. The van der Waals surface area contributed by atoms with E-state index in [2.05, 4.69) is 35.4 Å². The van der Waals surface area contributed by atoms with Crippen LogP contribution < -0.4 is 20.3 Å². The van der Waals surface area contributed by atoms with Crippen LogP contribution in [0.2, 0.25) is 5.02 Å². The molecule has 2 rings (SSSR count). The van der Waals surface area contributed by atoms with E-state index >= 15 is 0 Å². The number of ether oxygens (including phenoxy) is 1. The molecule has 0 aromatic heterocycles. The Morgan fingerprint density at radius 3 is 2.52 bits per heavy atom. The van der Waals surface area contributed by atoms with Crippen molar-refractivity contribution in [1.82, 2.24) is 0 Å². The summed E-state index contributed by atoms with van der Waals surface area (Å²) in [4.78, 5) is 14.8. The first-order chi connectivity index (χ1) is 13.9. The van der Waals surface area contributed by atoms with Gasteiger partial charge in [0, 0.05) is 35.7 Å². The number of nitrogens with one attached hydrogen (secondary N) is 2.